The fourth-order valence-electron chi connectivity index (χ4n) is 4.11. The summed E-state index contributed by atoms with van der Waals surface area (Å²) in [5.74, 6) is -0.900. The summed E-state index contributed by atoms with van der Waals surface area (Å²) in [4.78, 5) is 27.9. The zero-order chi connectivity index (χ0) is 24.1. The zero-order valence-electron chi connectivity index (χ0n) is 18.9. The van der Waals surface area contributed by atoms with Gasteiger partial charge in [0.1, 0.15) is 11.5 Å². The second-order valence-electron chi connectivity index (χ2n) is 8.16. The van der Waals surface area contributed by atoms with E-state index >= 15 is 0 Å². The Morgan fingerprint density at radius 3 is 2.44 bits per heavy atom. The highest BCUT2D eigenvalue weighted by molar-refractivity contribution is 6.46. The van der Waals surface area contributed by atoms with Gasteiger partial charge in [-0.05, 0) is 60.4 Å². The first-order valence-electron chi connectivity index (χ1n) is 11.3. The first-order chi connectivity index (χ1) is 16.5. The number of hydrogen-bond donors (Lipinski definition) is 1. The molecule has 0 radical (unpaired) electrons. The van der Waals surface area contributed by atoms with Crippen LogP contribution in [0.5, 0.6) is 5.75 Å². The van der Waals surface area contributed by atoms with Crippen LogP contribution in [0.3, 0.4) is 0 Å². The first kappa shape index (κ1) is 23.6. The number of likely N-dealkylation sites (tertiary alicyclic amines) is 1. The van der Waals surface area contributed by atoms with Crippen LogP contribution in [0.4, 0.5) is 0 Å². The minimum absolute atomic E-state index is 0.0630. The van der Waals surface area contributed by atoms with Gasteiger partial charge in [-0.15, -0.1) is 0 Å². The molecule has 0 saturated carbocycles. The maximum absolute atomic E-state index is 13.2. The van der Waals surface area contributed by atoms with Crippen LogP contribution in [0.15, 0.2) is 84.4 Å². The molecule has 1 heterocycles. The molecule has 4 rings (SSSR count). The van der Waals surface area contributed by atoms with Gasteiger partial charge in [-0.3, -0.25) is 9.59 Å². The Balaban J connectivity index is 1.77. The van der Waals surface area contributed by atoms with E-state index < -0.39 is 17.7 Å². The molecule has 3 aromatic carbocycles. The molecule has 1 atom stereocenters. The third kappa shape index (κ3) is 5.00. The maximum Gasteiger partial charge on any atom is 0.295 e. The molecule has 1 fully saturated rings. The number of nitrogens with zero attached hydrogens (tertiary/aromatic N) is 1. The van der Waals surface area contributed by atoms with Crippen LogP contribution in [0.1, 0.15) is 36.1 Å². The third-order valence-corrected chi connectivity index (χ3v) is 6.04. The highest BCUT2D eigenvalue weighted by atomic mass is 35.5. The van der Waals surface area contributed by atoms with Crippen LogP contribution in [0.25, 0.3) is 5.76 Å². The van der Waals surface area contributed by atoms with Crippen molar-refractivity contribution in [3.8, 4) is 5.75 Å². The standard InChI is InChI=1S/C28H26ClNO4/c1-2-17-34-23-10-6-9-21(18-23)25-24(26(31)20-11-13-22(29)14-12-20)27(32)28(33)30(25)16-15-19-7-4-3-5-8-19/h3-14,18,25,31H,2,15-17H2,1H3. The smallest absolute Gasteiger partial charge is 0.295 e. The van der Waals surface area contributed by atoms with E-state index in [0.29, 0.717) is 41.5 Å². The molecule has 0 spiro atoms. The number of ether oxygens (including phenoxy) is 1. The maximum atomic E-state index is 13.2. The fourth-order valence-corrected chi connectivity index (χ4v) is 4.23. The molecular formula is C28H26ClNO4. The van der Waals surface area contributed by atoms with E-state index in [1.807, 2.05) is 61.5 Å². The van der Waals surface area contributed by atoms with Crippen molar-refractivity contribution in [3.63, 3.8) is 0 Å². The number of Topliss-reactive ketones (excluding diaryl/α,β-unsaturated/α-hetero) is 1. The minimum atomic E-state index is -0.732. The third-order valence-electron chi connectivity index (χ3n) is 5.79. The summed E-state index contributed by atoms with van der Waals surface area (Å²) in [6.45, 7) is 2.91. The van der Waals surface area contributed by atoms with Gasteiger partial charge in [0.2, 0.25) is 0 Å². The van der Waals surface area contributed by atoms with Gasteiger partial charge in [-0.2, -0.15) is 0 Å². The summed E-state index contributed by atoms with van der Waals surface area (Å²) in [6, 6.07) is 22.9. The first-order valence-corrected chi connectivity index (χ1v) is 11.7. The number of carbonyl (C=O) groups is 2. The Hall–Kier alpha value is -3.57. The van der Waals surface area contributed by atoms with Crippen molar-refractivity contribution in [1.29, 1.82) is 0 Å². The SMILES string of the molecule is CCCOc1cccc(C2C(=C(O)c3ccc(Cl)cc3)C(=O)C(=O)N2CCc2ccccc2)c1. The predicted molar refractivity (Wildman–Crippen MR) is 133 cm³/mol. The molecule has 0 aliphatic carbocycles. The Morgan fingerprint density at radius 1 is 1.00 bits per heavy atom. The zero-order valence-corrected chi connectivity index (χ0v) is 19.7. The molecule has 6 heteroatoms. The molecular weight excluding hydrogens is 450 g/mol. The van der Waals surface area contributed by atoms with Crippen LogP contribution in [0.2, 0.25) is 5.02 Å². The lowest BCUT2D eigenvalue weighted by Gasteiger charge is -2.26. The Labute approximate surface area is 204 Å². The van der Waals surface area contributed by atoms with Gasteiger partial charge in [0, 0.05) is 17.1 Å². The van der Waals surface area contributed by atoms with Crippen molar-refractivity contribution in [2.24, 2.45) is 0 Å². The number of amides is 1. The van der Waals surface area contributed by atoms with E-state index in [1.54, 1.807) is 24.3 Å². The van der Waals surface area contributed by atoms with E-state index in [1.165, 1.54) is 4.90 Å². The van der Waals surface area contributed by atoms with Gasteiger partial charge >= 0.3 is 0 Å². The van der Waals surface area contributed by atoms with Crippen molar-refractivity contribution >= 4 is 29.1 Å². The molecule has 174 valence electrons. The number of aliphatic hydroxyl groups is 1. The quantitative estimate of drug-likeness (QED) is 0.254. The largest absolute Gasteiger partial charge is 0.507 e. The van der Waals surface area contributed by atoms with Gasteiger partial charge in [-0.25, -0.2) is 0 Å². The molecule has 3 aromatic rings. The van der Waals surface area contributed by atoms with Gasteiger partial charge in [0.15, 0.2) is 0 Å². The number of ketones is 1. The molecule has 5 nitrogen and oxygen atoms in total. The summed E-state index contributed by atoms with van der Waals surface area (Å²) < 4.78 is 5.79. The van der Waals surface area contributed by atoms with Crippen molar-refractivity contribution in [1.82, 2.24) is 4.90 Å². The van der Waals surface area contributed by atoms with E-state index in [9.17, 15) is 14.7 Å². The average molecular weight is 476 g/mol. The van der Waals surface area contributed by atoms with Crippen molar-refractivity contribution in [2.45, 2.75) is 25.8 Å². The number of rotatable bonds is 8. The number of hydrogen-bond acceptors (Lipinski definition) is 4. The molecule has 0 aromatic heterocycles. The molecule has 1 aliphatic rings. The summed E-state index contributed by atoms with van der Waals surface area (Å²) in [6.07, 6.45) is 1.44. The van der Waals surface area contributed by atoms with Gasteiger partial charge in [0.05, 0.1) is 18.2 Å². The second-order valence-corrected chi connectivity index (χ2v) is 8.59. The van der Waals surface area contributed by atoms with Crippen molar-refractivity contribution in [3.05, 3.63) is 106 Å². The fraction of sp³-hybridized carbons (Fsp3) is 0.214. The lowest BCUT2D eigenvalue weighted by molar-refractivity contribution is -0.139. The molecule has 1 amide bonds. The molecule has 0 bridgehead atoms. The number of benzene rings is 3. The molecule has 1 saturated heterocycles. The lowest BCUT2D eigenvalue weighted by Crippen LogP contribution is -2.31. The summed E-state index contributed by atoms with van der Waals surface area (Å²) in [7, 11) is 0. The average Bonchev–Trinajstić information content (AvgIpc) is 3.12. The molecule has 34 heavy (non-hydrogen) atoms. The van der Waals surface area contributed by atoms with Crippen LogP contribution >= 0.6 is 11.6 Å². The lowest BCUT2D eigenvalue weighted by atomic mass is 9.95. The normalized spacial score (nSPS) is 17.2. The van der Waals surface area contributed by atoms with Crippen LogP contribution in [0, 0.1) is 0 Å². The predicted octanol–water partition coefficient (Wildman–Crippen LogP) is 5.79. The van der Waals surface area contributed by atoms with Gasteiger partial charge in [0.25, 0.3) is 11.7 Å². The Bertz CT molecular complexity index is 1200. The van der Waals surface area contributed by atoms with Crippen molar-refractivity contribution in [2.75, 3.05) is 13.2 Å². The Morgan fingerprint density at radius 2 is 1.74 bits per heavy atom. The van der Waals surface area contributed by atoms with Crippen LogP contribution < -0.4 is 4.74 Å². The molecule has 1 N–H and O–H groups in total. The summed E-state index contributed by atoms with van der Waals surface area (Å²) >= 11 is 5.99. The van der Waals surface area contributed by atoms with E-state index in [0.717, 1.165) is 12.0 Å². The van der Waals surface area contributed by atoms with E-state index in [4.69, 9.17) is 16.3 Å². The molecule has 1 unspecified atom stereocenters. The second kappa shape index (κ2) is 10.6. The monoisotopic (exact) mass is 475 g/mol. The minimum Gasteiger partial charge on any atom is -0.507 e. The number of carbonyl (C=O) groups excluding carboxylic acids is 2. The van der Waals surface area contributed by atoms with Gasteiger partial charge in [-0.1, -0.05) is 61.0 Å². The number of halogens is 1. The van der Waals surface area contributed by atoms with Crippen molar-refractivity contribution < 1.29 is 19.4 Å². The summed E-state index contributed by atoms with van der Waals surface area (Å²) in [5, 5.41) is 11.7. The van der Waals surface area contributed by atoms with Crippen LogP contribution in [-0.2, 0) is 16.0 Å². The van der Waals surface area contributed by atoms with Gasteiger partial charge < -0.3 is 14.7 Å². The Kier molecular flexibility index (Phi) is 7.33. The molecule has 1 aliphatic heterocycles. The topological polar surface area (TPSA) is 66.8 Å². The van der Waals surface area contributed by atoms with Crippen LogP contribution in [-0.4, -0.2) is 34.8 Å². The number of aliphatic hydroxyl groups excluding tert-OH is 1. The van der Waals surface area contributed by atoms with E-state index in [2.05, 4.69) is 0 Å². The van der Waals surface area contributed by atoms with E-state index in [-0.39, 0.29) is 11.3 Å². The highest BCUT2D eigenvalue weighted by Crippen LogP contribution is 2.40. The highest BCUT2D eigenvalue weighted by Gasteiger charge is 2.45. The summed E-state index contributed by atoms with van der Waals surface area (Å²) in [5.41, 5.74) is 2.25.